The van der Waals surface area contributed by atoms with Crippen molar-refractivity contribution >= 4 is 6.29 Å². The Morgan fingerprint density at radius 1 is 1.00 bits per heavy atom. The fourth-order valence-corrected chi connectivity index (χ4v) is 2.12. The Kier molecular flexibility index (Phi) is 3.66. The second-order valence-electron chi connectivity index (χ2n) is 4.67. The number of aldehydes is 1. The van der Waals surface area contributed by atoms with Crippen LogP contribution >= 0.6 is 0 Å². The van der Waals surface area contributed by atoms with Gasteiger partial charge < -0.3 is 0 Å². The first-order valence-electron chi connectivity index (χ1n) is 6.07. The number of carbonyl (C=O) groups is 1. The molecule has 0 unspecified atom stereocenters. The number of halogens is 3. The molecule has 2 rings (SSSR count). The van der Waals surface area contributed by atoms with Crippen molar-refractivity contribution in [3.05, 3.63) is 58.7 Å². The summed E-state index contributed by atoms with van der Waals surface area (Å²) >= 11 is 0. The number of alkyl halides is 3. The van der Waals surface area contributed by atoms with Crippen LogP contribution < -0.4 is 0 Å². The summed E-state index contributed by atoms with van der Waals surface area (Å²) < 4.78 is 38.0. The molecular formula is C16H13F3O. The summed E-state index contributed by atoms with van der Waals surface area (Å²) in [6.07, 6.45) is -3.98. The average molecular weight is 278 g/mol. The molecule has 20 heavy (non-hydrogen) atoms. The van der Waals surface area contributed by atoms with E-state index >= 15 is 0 Å². The SMILES string of the molecule is Cc1cccc(-c2ccc(C(F)(F)F)cc2C=O)c1C. The number of rotatable bonds is 2. The van der Waals surface area contributed by atoms with Crippen LogP contribution in [0.5, 0.6) is 0 Å². The van der Waals surface area contributed by atoms with Crippen LogP contribution in [0.1, 0.15) is 27.0 Å². The van der Waals surface area contributed by atoms with E-state index in [0.29, 0.717) is 11.8 Å². The lowest BCUT2D eigenvalue weighted by Gasteiger charge is -2.13. The Morgan fingerprint density at radius 3 is 2.30 bits per heavy atom. The van der Waals surface area contributed by atoms with Crippen molar-refractivity contribution in [1.29, 1.82) is 0 Å². The second kappa shape index (κ2) is 5.12. The van der Waals surface area contributed by atoms with Gasteiger partial charge in [0.25, 0.3) is 0 Å². The van der Waals surface area contributed by atoms with Gasteiger partial charge in [0, 0.05) is 5.56 Å². The van der Waals surface area contributed by atoms with Gasteiger partial charge in [0.05, 0.1) is 5.56 Å². The molecule has 104 valence electrons. The minimum Gasteiger partial charge on any atom is -0.298 e. The van der Waals surface area contributed by atoms with E-state index in [1.807, 2.05) is 26.0 Å². The first kappa shape index (κ1) is 14.3. The lowest BCUT2D eigenvalue weighted by atomic mass is 9.93. The fourth-order valence-electron chi connectivity index (χ4n) is 2.12. The van der Waals surface area contributed by atoms with Gasteiger partial charge in [0.1, 0.15) is 0 Å². The van der Waals surface area contributed by atoms with Crippen molar-refractivity contribution in [1.82, 2.24) is 0 Å². The molecule has 0 saturated carbocycles. The number of hydrogen-bond acceptors (Lipinski definition) is 1. The normalized spacial score (nSPS) is 11.4. The summed E-state index contributed by atoms with van der Waals surface area (Å²) in [7, 11) is 0. The van der Waals surface area contributed by atoms with Crippen LogP contribution in [0.3, 0.4) is 0 Å². The molecule has 0 aliphatic carbocycles. The Hall–Kier alpha value is -2.10. The summed E-state index contributed by atoms with van der Waals surface area (Å²) in [4.78, 5) is 11.1. The molecule has 0 bridgehead atoms. The third-order valence-electron chi connectivity index (χ3n) is 3.40. The van der Waals surface area contributed by atoms with Gasteiger partial charge in [-0.05, 0) is 48.2 Å². The predicted octanol–water partition coefficient (Wildman–Crippen LogP) is 4.80. The minimum absolute atomic E-state index is 0.0496. The first-order valence-corrected chi connectivity index (χ1v) is 6.07. The molecule has 0 aliphatic rings. The molecule has 2 aromatic rings. The standard InChI is InChI=1S/C16H13F3O/c1-10-4-3-5-14(11(10)2)15-7-6-13(16(17,18)19)8-12(15)9-20/h3-9H,1-2H3. The van der Waals surface area contributed by atoms with E-state index in [-0.39, 0.29) is 5.56 Å². The van der Waals surface area contributed by atoms with Crippen LogP contribution in [0, 0.1) is 13.8 Å². The zero-order valence-electron chi connectivity index (χ0n) is 11.1. The van der Waals surface area contributed by atoms with Gasteiger partial charge >= 0.3 is 6.18 Å². The maximum absolute atomic E-state index is 12.7. The van der Waals surface area contributed by atoms with E-state index in [0.717, 1.165) is 28.8 Å². The van der Waals surface area contributed by atoms with Gasteiger partial charge in [0.15, 0.2) is 6.29 Å². The molecule has 0 spiro atoms. The molecule has 2 aromatic carbocycles. The number of benzene rings is 2. The summed E-state index contributed by atoms with van der Waals surface area (Å²) in [6, 6.07) is 8.80. The molecule has 0 radical (unpaired) electrons. The van der Waals surface area contributed by atoms with Crippen LogP contribution in [-0.2, 0) is 6.18 Å². The number of carbonyl (C=O) groups excluding carboxylic acids is 1. The van der Waals surface area contributed by atoms with Crippen LogP contribution in [0.4, 0.5) is 13.2 Å². The smallest absolute Gasteiger partial charge is 0.298 e. The maximum Gasteiger partial charge on any atom is 0.416 e. The highest BCUT2D eigenvalue weighted by atomic mass is 19.4. The molecule has 0 N–H and O–H groups in total. The van der Waals surface area contributed by atoms with Gasteiger partial charge in [-0.3, -0.25) is 4.79 Å². The lowest BCUT2D eigenvalue weighted by Crippen LogP contribution is -2.06. The molecular weight excluding hydrogens is 265 g/mol. The molecule has 0 heterocycles. The van der Waals surface area contributed by atoms with Gasteiger partial charge in [-0.15, -0.1) is 0 Å². The Labute approximate surface area is 115 Å². The van der Waals surface area contributed by atoms with E-state index in [2.05, 4.69) is 0 Å². The van der Waals surface area contributed by atoms with E-state index in [1.54, 1.807) is 6.07 Å². The van der Waals surface area contributed by atoms with Gasteiger partial charge in [0.2, 0.25) is 0 Å². The molecule has 0 fully saturated rings. The summed E-state index contributed by atoms with van der Waals surface area (Å²) in [5.74, 6) is 0. The lowest BCUT2D eigenvalue weighted by molar-refractivity contribution is -0.137. The van der Waals surface area contributed by atoms with E-state index in [1.165, 1.54) is 6.07 Å². The van der Waals surface area contributed by atoms with Gasteiger partial charge in [-0.2, -0.15) is 13.2 Å². The van der Waals surface area contributed by atoms with Crippen LogP contribution in [0.25, 0.3) is 11.1 Å². The van der Waals surface area contributed by atoms with Crippen molar-refractivity contribution in [3.63, 3.8) is 0 Å². The zero-order chi connectivity index (χ0) is 14.9. The molecule has 0 atom stereocenters. The molecule has 0 aliphatic heterocycles. The number of hydrogen-bond donors (Lipinski definition) is 0. The summed E-state index contributed by atoms with van der Waals surface area (Å²) in [5, 5.41) is 0. The second-order valence-corrected chi connectivity index (χ2v) is 4.67. The van der Waals surface area contributed by atoms with E-state index in [9.17, 15) is 18.0 Å². The Balaban J connectivity index is 2.64. The Morgan fingerprint density at radius 2 is 1.70 bits per heavy atom. The predicted molar refractivity (Wildman–Crippen MR) is 71.7 cm³/mol. The average Bonchev–Trinajstić information content (AvgIpc) is 2.40. The monoisotopic (exact) mass is 278 g/mol. The molecule has 0 amide bonds. The third kappa shape index (κ3) is 2.59. The van der Waals surface area contributed by atoms with Crippen LogP contribution in [0.15, 0.2) is 36.4 Å². The van der Waals surface area contributed by atoms with Crippen LogP contribution in [-0.4, -0.2) is 6.29 Å². The topological polar surface area (TPSA) is 17.1 Å². The zero-order valence-corrected chi connectivity index (χ0v) is 11.1. The molecule has 0 aromatic heterocycles. The fraction of sp³-hybridized carbons (Fsp3) is 0.188. The first-order chi connectivity index (χ1) is 9.34. The van der Waals surface area contributed by atoms with E-state index in [4.69, 9.17) is 0 Å². The van der Waals surface area contributed by atoms with Crippen molar-refractivity contribution in [2.75, 3.05) is 0 Å². The van der Waals surface area contributed by atoms with Crippen LogP contribution in [0.2, 0.25) is 0 Å². The molecule has 4 heteroatoms. The summed E-state index contributed by atoms with van der Waals surface area (Å²) in [6.45, 7) is 3.81. The quantitative estimate of drug-likeness (QED) is 0.721. The van der Waals surface area contributed by atoms with Crippen molar-refractivity contribution in [3.8, 4) is 11.1 Å². The largest absolute Gasteiger partial charge is 0.416 e. The van der Waals surface area contributed by atoms with Crippen molar-refractivity contribution < 1.29 is 18.0 Å². The molecule has 0 saturated heterocycles. The molecule has 1 nitrogen and oxygen atoms in total. The third-order valence-corrected chi connectivity index (χ3v) is 3.40. The summed E-state index contributed by atoms with van der Waals surface area (Å²) in [5.41, 5.74) is 2.52. The highest BCUT2D eigenvalue weighted by Gasteiger charge is 2.31. The Bertz CT molecular complexity index is 657. The van der Waals surface area contributed by atoms with E-state index < -0.39 is 11.7 Å². The van der Waals surface area contributed by atoms with Gasteiger partial charge in [-0.1, -0.05) is 24.3 Å². The van der Waals surface area contributed by atoms with Crippen molar-refractivity contribution in [2.45, 2.75) is 20.0 Å². The minimum atomic E-state index is -4.45. The van der Waals surface area contributed by atoms with Crippen molar-refractivity contribution in [2.24, 2.45) is 0 Å². The highest BCUT2D eigenvalue weighted by molar-refractivity contribution is 5.89. The highest BCUT2D eigenvalue weighted by Crippen LogP contribution is 2.34. The number of aryl methyl sites for hydroxylation is 1. The maximum atomic E-state index is 12.7. The van der Waals surface area contributed by atoms with Gasteiger partial charge in [-0.25, -0.2) is 0 Å².